The lowest BCUT2D eigenvalue weighted by atomic mass is 9.90. The van der Waals surface area contributed by atoms with Gasteiger partial charge in [-0.05, 0) is 86.5 Å². The van der Waals surface area contributed by atoms with Gasteiger partial charge in [0.1, 0.15) is 0 Å². The number of nitrogen functional groups attached to an aromatic ring is 1. The molecule has 0 bridgehead atoms. The standard InChI is InChI=1S/C28H37N5O2/c29-22-3-7-25(8-4-22)32-15-11-20(12-16-32)19-30-23-13-17-33(18-14-23)24-5-1-21(2-6-24)26-9-10-27(34)31-28(26)35/h1-8,20,23,26,30H,9-19,29H2,(H,31,34,35). The van der Waals surface area contributed by atoms with Crippen LogP contribution in [0.1, 0.15) is 50.0 Å². The molecule has 3 heterocycles. The second-order valence-corrected chi connectivity index (χ2v) is 10.3. The molecule has 0 radical (unpaired) electrons. The molecule has 35 heavy (non-hydrogen) atoms. The predicted octanol–water partition coefficient (Wildman–Crippen LogP) is 3.26. The maximum atomic E-state index is 12.1. The molecule has 2 amide bonds. The van der Waals surface area contributed by atoms with E-state index in [-0.39, 0.29) is 17.7 Å². The van der Waals surface area contributed by atoms with Gasteiger partial charge in [0, 0.05) is 55.7 Å². The van der Waals surface area contributed by atoms with Crippen LogP contribution in [0.5, 0.6) is 0 Å². The summed E-state index contributed by atoms with van der Waals surface area (Å²) in [5.41, 5.74) is 10.1. The Morgan fingerprint density at radius 1 is 0.800 bits per heavy atom. The zero-order valence-corrected chi connectivity index (χ0v) is 20.4. The van der Waals surface area contributed by atoms with E-state index >= 15 is 0 Å². The molecule has 3 aliphatic rings. The third-order valence-corrected chi connectivity index (χ3v) is 7.96. The van der Waals surface area contributed by atoms with Crippen LogP contribution in [-0.4, -0.2) is 50.6 Å². The van der Waals surface area contributed by atoms with Gasteiger partial charge >= 0.3 is 0 Å². The highest BCUT2D eigenvalue weighted by Gasteiger charge is 2.28. The van der Waals surface area contributed by atoms with Gasteiger partial charge in [0.15, 0.2) is 0 Å². The van der Waals surface area contributed by atoms with Gasteiger partial charge in [-0.1, -0.05) is 12.1 Å². The van der Waals surface area contributed by atoms with Crippen molar-refractivity contribution in [3.05, 3.63) is 54.1 Å². The van der Waals surface area contributed by atoms with Crippen molar-refractivity contribution in [2.75, 3.05) is 48.3 Å². The van der Waals surface area contributed by atoms with Crippen LogP contribution in [0.3, 0.4) is 0 Å². The van der Waals surface area contributed by atoms with Gasteiger partial charge in [0.2, 0.25) is 11.8 Å². The van der Waals surface area contributed by atoms with Crippen LogP contribution < -0.4 is 26.2 Å². The SMILES string of the molecule is Nc1ccc(N2CCC(CNC3CCN(c4ccc(C5CCC(=O)NC5=O)cc4)CC3)CC2)cc1. The molecule has 1 atom stereocenters. The minimum atomic E-state index is -0.213. The smallest absolute Gasteiger partial charge is 0.234 e. The monoisotopic (exact) mass is 475 g/mol. The number of carbonyl (C=O) groups excluding carboxylic acids is 2. The van der Waals surface area contributed by atoms with E-state index in [0.29, 0.717) is 18.9 Å². The van der Waals surface area contributed by atoms with Crippen molar-refractivity contribution in [1.82, 2.24) is 10.6 Å². The summed E-state index contributed by atoms with van der Waals surface area (Å²) < 4.78 is 0. The van der Waals surface area contributed by atoms with Crippen LogP contribution in [0.25, 0.3) is 0 Å². The zero-order chi connectivity index (χ0) is 24.2. The molecular formula is C28H37N5O2. The summed E-state index contributed by atoms with van der Waals surface area (Å²) in [6.07, 6.45) is 5.78. The number of anilines is 3. The van der Waals surface area contributed by atoms with Crippen molar-refractivity contribution in [3.8, 4) is 0 Å². The van der Waals surface area contributed by atoms with E-state index in [4.69, 9.17) is 5.73 Å². The Morgan fingerprint density at radius 3 is 1.97 bits per heavy atom. The van der Waals surface area contributed by atoms with E-state index in [1.54, 1.807) is 0 Å². The van der Waals surface area contributed by atoms with Crippen molar-refractivity contribution in [2.24, 2.45) is 5.92 Å². The van der Waals surface area contributed by atoms with Gasteiger partial charge < -0.3 is 20.9 Å². The number of nitrogens with two attached hydrogens (primary N) is 1. The topological polar surface area (TPSA) is 90.7 Å². The molecule has 0 spiro atoms. The van der Waals surface area contributed by atoms with Gasteiger partial charge in [-0.3, -0.25) is 14.9 Å². The number of nitrogens with zero attached hydrogens (tertiary/aromatic N) is 2. The Hall–Kier alpha value is -3.06. The number of hydrogen-bond donors (Lipinski definition) is 3. The number of carbonyl (C=O) groups is 2. The van der Waals surface area contributed by atoms with Gasteiger partial charge in [-0.2, -0.15) is 0 Å². The number of nitrogens with one attached hydrogen (secondary N) is 2. The third-order valence-electron chi connectivity index (χ3n) is 7.96. The van der Waals surface area contributed by atoms with E-state index in [0.717, 1.165) is 62.7 Å². The first-order valence-corrected chi connectivity index (χ1v) is 13.1. The van der Waals surface area contributed by atoms with Gasteiger partial charge in [0.25, 0.3) is 0 Å². The van der Waals surface area contributed by atoms with Gasteiger partial charge in [0.05, 0.1) is 5.92 Å². The highest BCUT2D eigenvalue weighted by atomic mass is 16.2. The zero-order valence-electron chi connectivity index (χ0n) is 20.4. The number of hydrogen-bond acceptors (Lipinski definition) is 6. The average molecular weight is 476 g/mol. The van der Waals surface area contributed by atoms with E-state index in [2.05, 4.69) is 56.8 Å². The molecule has 4 N–H and O–H groups in total. The molecular weight excluding hydrogens is 438 g/mol. The summed E-state index contributed by atoms with van der Waals surface area (Å²) in [6, 6.07) is 17.2. The molecule has 0 saturated carbocycles. The molecule has 0 aliphatic carbocycles. The fourth-order valence-electron chi connectivity index (χ4n) is 5.68. The average Bonchev–Trinajstić information content (AvgIpc) is 2.89. The summed E-state index contributed by atoms with van der Waals surface area (Å²) in [4.78, 5) is 28.5. The van der Waals surface area contributed by atoms with Crippen LogP contribution in [0.4, 0.5) is 17.1 Å². The van der Waals surface area contributed by atoms with E-state index < -0.39 is 0 Å². The van der Waals surface area contributed by atoms with E-state index in [1.165, 1.54) is 24.2 Å². The lowest BCUT2D eigenvalue weighted by Gasteiger charge is -2.37. The fraction of sp³-hybridized carbons (Fsp3) is 0.500. The summed E-state index contributed by atoms with van der Waals surface area (Å²) >= 11 is 0. The van der Waals surface area contributed by atoms with Crippen molar-refractivity contribution < 1.29 is 9.59 Å². The minimum absolute atomic E-state index is 0.164. The van der Waals surface area contributed by atoms with E-state index in [1.807, 2.05) is 12.1 Å². The van der Waals surface area contributed by atoms with Crippen molar-refractivity contribution in [1.29, 1.82) is 0 Å². The maximum Gasteiger partial charge on any atom is 0.234 e. The molecule has 0 aromatic heterocycles. The van der Waals surface area contributed by atoms with Crippen LogP contribution in [0.2, 0.25) is 0 Å². The number of imide groups is 1. The first kappa shape index (κ1) is 23.7. The normalized spacial score (nSPS) is 22.3. The Kier molecular flexibility index (Phi) is 7.23. The van der Waals surface area contributed by atoms with Crippen molar-refractivity contribution in [3.63, 3.8) is 0 Å². The predicted molar refractivity (Wildman–Crippen MR) is 141 cm³/mol. The number of piperidine rings is 3. The molecule has 7 heteroatoms. The number of amides is 2. The lowest BCUT2D eigenvalue weighted by Crippen LogP contribution is -2.45. The van der Waals surface area contributed by atoms with Crippen LogP contribution in [0, 0.1) is 5.92 Å². The Labute approximate surface area is 208 Å². The molecule has 3 saturated heterocycles. The molecule has 2 aromatic rings. The Balaban J connectivity index is 1.03. The maximum absolute atomic E-state index is 12.1. The van der Waals surface area contributed by atoms with Crippen LogP contribution in [0.15, 0.2) is 48.5 Å². The fourth-order valence-corrected chi connectivity index (χ4v) is 5.68. The summed E-state index contributed by atoms with van der Waals surface area (Å²) in [5, 5.41) is 6.31. The molecule has 3 fully saturated rings. The highest BCUT2D eigenvalue weighted by Crippen LogP contribution is 2.28. The molecule has 7 nitrogen and oxygen atoms in total. The molecule has 2 aromatic carbocycles. The van der Waals surface area contributed by atoms with Crippen LogP contribution >= 0.6 is 0 Å². The third kappa shape index (κ3) is 5.78. The lowest BCUT2D eigenvalue weighted by molar-refractivity contribution is -0.134. The first-order chi connectivity index (χ1) is 17.0. The second-order valence-electron chi connectivity index (χ2n) is 10.3. The number of rotatable bonds is 6. The summed E-state index contributed by atoms with van der Waals surface area (Å²) in [7, 11) is 0. The van der Waals surface area contributed by atoms with Crippen molar-refractivity contribution >= 4 is 28.9 Å². The summed E-state index contributed by atoms with van der Waals surface area (Å²) in [5.74, 6) is 0.202. The Bertz CT molecular complexity index is 1010. The molecule has 5 rings (SSSR count). The largest absolute Gasteiger partial charge is 0.399 e. The minimum Gasteiger partial charge on any atom is -0.399 e. The second kappa shape index (κ2) is 10.7. The first-order valence-electron chi connectivity index (χ1n) is 13.1. The van der Waals surface area contributed by atoms with Gasteiger partial charge in [-0.25, -0.2) is 0 Å². The Morgan fingerprint density at radius 2 is 1.37 bits per heavy atom. The number of benzene rings is 2. The molecule has 3 aliphatic heterocycles. The van der Waals surface area contributed by atoms with E-state index in [9.17, 15) is 9.59 Å². The summed E-state index contributed by atoms with van der Waals surface area (Å²) in [6.45, 7) is 5.43. The van der Waals surface area contributed by atoms with Crippen LogP contribution in [-0.2, 0) is 9.59 Å². The highest BCUT2D eigenvalue weighted by molar-refractivity contribution is 6.00. The van der Waals surface area contributed by atoms with Crippen molar-refractivity contribution in [2.45, 2.75) is 50.5 Å². The molecule has 186 valence electrons. The van der Waals surface area contributed by atoms with Gasteiger partial charge in [-0.15, -0.1) is 0 Å². The quantitative estimate of drug-likeness (QED) is 0.439. The molecule has 1 unspecified atom stereocenters.